The van der Waals surface area contributed by atoms with Gasteiger partial charge in [0.15, 0.2) is 5.60 Å². The van der Waals surface area contributed by atoms with Crippen LogP contribution in [0.2, 0.25) is 0 Å². The highest BCUT2D eigenvalue weighted by Crippen LogP contribution is 2.29. The van der Waals surface area contributed by atoms with E-state index in [9.17, 15) is 14.4 Å². The summed E-state index contributed by atoms with van der Waals surface area (Å²) in [5.41, 5.74) is 1.05. The van der Waals surface area contributed by atoms with Gasteiger partial charge in [-0.05, 0) is 49.4 Å². The van der Waals surface area contributed by atoms with Crippen LogP contribution in [0.1, 0.15) is 31.7 Å². The van der Waals surface area contributed by atoms with Gasteiger partial charge in [0.2, 0.25) is 11.8 Å². The van der Waals surface area contributed by atoms with Crippen molar-refractivity contribution in [2.24, 2.45) is 0 Å². The summed E-state index contributed by atoms with van der Waals surface area (Å²) in [6.45, 7) is 3.38. The van der Waals surface area contributed by atoms with Crippen LogP contribution in [0, 0.1) is 0 Å². The number of anilines is 2. The number of rotatable bonds is 5. The van der Waals surface area contributed by atoms with E-state index in [-0.39, 0.29) is 24.3 Å². The van der Waals surface area contributed by atoms with Crippen LogP contribution in [-0.4, -0.2) is 74.7 Å². The lowest BCUT2D eigenvalue weighted by molar-refractivity contribution is -0.163. The molecule has 1 atom stereocenters. The maximum absolute atomic E-state index is 13.3. The van der Waals surface area contributed by atoms with Crippen molar-refractivity contribution in [2.75, 3.05) is 57.1 Å². The first kappa shape index (κ1) is 27.4. The molecule has 204 valence electrons. The summed E-state index contributed by atoms with van der Waals surface area (Å²) in [5, 5.41) is 8.57. The van der Waals surface area contributed by atoms with Crippen LogP contribution in [0.25, 0.3) is 0 Å². The van der Waals surface area contributed by atoms with Gasteiger partial charge in [0.25, 0.3) is 5.91 Å². The third-order valence-electron chi connectivity index (χ3n) is 6.75. The lowest BCUT2D eigenvalue weighted by atomic mass is 9.91. The van der Waals surface area contributed by atoms with Crippen LogP contribution < -0.4 is 25.4 Å². The SMILES string of the molecule is COc1ccc(NC(C)=O)c(NC(=O)CN2CCOC3(CCCCc4ccccc4OCCNC3=O)C2)c1. The van der Waals surface area contributed by atoms with Crippen molar-refractivity contribution in [2.45, 2.75) is 38.2 Å². The van der Waals surface area contributed by atoms with E-state index in [0.717, 1.165) is 30.6 Å². The predicted molar refractivity (Wildman–Crippen MR) is 144 cm³/mol. The Morgan fingerprint density at radius 2 is 1.95 bits per heavy atom. The summed E-state index contributed by atoms with van der Waals surface area (Å²) in [7, 11) is 1.53. The number of hydrogen-bond acceptors (Lipinski definition) is 7. The largest absolute Gasteiger partial charge is 0.497 e. The molecule has 10 nitrogen and oxygen atoms in total. The number of aryl methyl sites for hydroxylation is 1. The lowest BCUT2D eigenvalue weighted by Crippen LogP contribution is -2.61. The highest BCUT2D eigenvalue weighted by atomic mass is 16.5. The first-order valence-corrected chi connectivity index (χ1v) is 13.0. The maximum atomic E-state index is 13.3. The van der Waals surface area contributed by atoms with E-state index < -0.39 is 5.60 Å². The monoisotopic (exact) mass is 524 g/mol. The zero-order chi connectivity index (χ0) is 27.0. The van der Waals surface area contributed by atoms with E-state index in [2.05, 4.69) is 22.0 Å². The van der Waals surface area contributed by atoms with E-state index in [1.165, 1.54) is 14.0 Å². The van der Waals surface area contributed by atoms with Crippen molar-refractivity contribution < 1.29 is 28.6 Å². The molecule has 2 aromatic carbocycles. The minimum Gasteiger partial charge on any atom is -0.497 e. The molecule has 1 fully saturated rings. The number of hydrogen-bond donors (Lipinski definition) is 3. The van der Waals surface area contributed by atoms with Crippen LogP contribution in [0.15, 0.2) is 42.5 Å². The quantitative estimate of drug-likeness (QED) is 0.550. The molecule has 3 N–H and O–H groups in total. The molecule has 0 aromatic heterocycles. The molecule has 2 heterocycles. The summed E-state index contributed by atoms with van der Waals surface area (Å²) in [6, 6.07) is 13.0. The van der Waals surface area contributed by atoms with Crippen molar-refractivity contribution >= 4 is 29.1 Å². The Balaban J connectivity index is 1.42. The molecule has 1 saturated heterocycles. The van der Waals surface area contributed by atoms with Crippen LogP contribution in [0.3, 0.4) is 0 Å². The van der Waals surface area contributed by atoms with Gasteiger partial charge in [0, 0.05) is 26.1 Å². The average Bonchev–Trinajstić information content (AvgIpc) is 2.90. The van der Waals surface area contributed by atoms with Gasteiger partial charge >= 0.3 is 0 Å². The van der Waals surface area contributed by atoms with E-state index in [0.29, 0.717) is 56.4 Å². The minimum absolute atomic E-state index is 0.0750. The molecule has 3 amide bonds. The highest BCUT2D eigenvalue weighted by Gasteiger charge is 2.43. The molecular formula is C28H36N4O6. The molecule has 10 heteroatoms. The Hall–Kier alpha value is -3.63. The molecule has 0 bridgehead atoms. The number of fused-ring (bicyclic) bond motifs is 1. The Labute approximate surface area is 223 Å². The predicted octanol–water partition coefficient (Wildman–Crippen LogP) is 2.58. The van der Waals surface area contributed by atoms with Gasteiger partial charge < -0.3 is 30.2 Å². The fourth-order valence-corrected chi connectivity index (χ4v) is 4.90. The van der Waals surface area contributed by atoms with E-state index in [1.807, 2.05) is 23.1 Å². The van der Waals surface area contributed by atoms with Crippen LogP contribution >= 0.6 is 0 Å². The van der Waals surface area contributed by atoms with Gasteiger partial charge in [-0.1, -0.05) is 18.2 Å². The molecule has 0 aliphatic carbocycles. The van der Waals surface area contributed by atoms with Crippen molar-refractivity contribution in [3.05, 3.63) is 48.0 Å². The average molecular weight is 525 g/mol. The number of morpholine rings is 1. The first-order valence-electron chi connectivity index (χ1n) is 13.0. The van der Waals surface area contributed by atoms with E-state index in [4.69, 9.17) is 14.2 Å². The number of nitrogens with one attached hydrogen (secondary N) is 3. The van der Waals surface area contributed by atoms with E-state index in [1.54, 1.807) is 18.2 Å². The van der Waals surface area contributed by atoms with Crippen molar-refractivity contribution in [3.63, 3.8) is 0 Å². The third kappa shape index (κ3) is 7.02. The smallest absolute Gasteiger partial charge is 0.253 e. The Morgan fingerprint density at radius 1 is 1.11 bits per heavy atom. The van der Waals surface area contributed by atoms with Gasteiger partial charge in [-0.3, -0.25) is 19.3 Å². The number of para-hydroxylation sites is 1. The van der Waals surface area contributed by atoms with Gasteiger partial charge in [-0.25, -0.2) is 0 Å². The summed E-state index contributed by atoms with van der Waals surface area (Å²) in [6.07, 6.45) is 3.10. The van der Waals surface area contributed by atoms with Gasteiger partial charge in [0.1, 0.15) is 18.1 Å². The Kier molecular flexibility index (Phi) is 9.19. The zero-order valence-electron chi connectivity index (χ0n) is 22.0. The summed E-state index contributed by atoms with van der Waals surface area (Å²) in [4.78, 5) is 39.9. The maximum Gasteiger partial charge on any atom is 0.253 e. The van der Waals surface area contributed by atoms with Crippen LogP contribution in [0.4, 0.5) is 11.4 Å². The Bertz CT molecular complexity index is 1160. The van der Waals surface area contributed by atoms with Gasteiger partial charge in [-0.2, -0.15) is 0 Å². The molecule has 0 saturated carbocycles. The molecule has 2 aromatic rings. The minimum atomic E-state index is -1.03. The summed E-state index contributed by atoms with van der Waals surface area (Å²) in [5.74, 6) is 0.724. The highest BCUT2D eigenvalue weighted by molar-refractivity contribution is 6.00. The second-order valence-corrected chi connectivity index (χ2v) is 9.61. The number of carbonyl (C=O) groups excluding carboxylic acids is 3. The molecule has 0 radical (unpaired) electrons. The molecule has 1 spiro atoms. The van der Waals surface area contributed by atoms with Gasteiger partial charge in [-0.15, -0.1) is 0 Å². The van der Waals surface area contributed by atoms with Gasteiger partial charge in [0.05, 0.1) is 38.2 Å². The summed E-state index contributed by atoms with van der Waals surface area (Å²) < 4.78 is 17.3. The topological polar surface area (TPSA) is 118 Å². The molecule has 38 heavy (non-hydrogen) atoms. The molecular weight excluding hydrogens is 488 g/mol. The standard InChI is InChI=1S/C28H36N4O6/c1-20(33)30-23-11-10-22(36-2)17-24(23)31-26(34)18-32-14-16-38-28(19-32)12-6-5-8-21-7-3-4-9-25(21)37-15-13-29-27(28)35/h3-4,7,9-11,17H,5-6,8,12-16,18-19H2,1-2H3,(H,29,35)(H,30,33)(H,31,34). The second-order valence-electron chi connectivity index (χ2n) is 9.61. The summed E-state index contributed by atoms with van der Waals surface area (Å²) >= 11 is 0. The zero-order valence-corrected chi connectivity index (χ0v) is 22.0. The number of carbonyl (C=O) groups is 3. The number of ether oxygens (including phenoxy) is 3. The van der Waals surface area contributed by atoms with Crippen molar-refractivity contribution in [1.29, 1.82) is 0 Å². The molecule has 4 rings (SSSR count). The lowest BCUT2D eigenvalue weighted by Gasteiger charge is -2.41. The first-order chi connectivity index (χ1) is 18.4. The fourth-order valence-electron chi connectivity index (χ4n) is 4.90. The molecule has 1 unspecified atom stereocenters. The molecule has 2 aliphatic rings. The van der Waals surface area contributed by atoms with Crippen molar-refractivity contribution in [1.82, 2.24) is 10.2 Å². The fraction of sp³-hybridized carbons (Fsp3) is 0.464. The third-order valence-corrected chi connectivity index (χ3v) is 6.75. The second kappa shape index (κ2) is 12.7. The van der Waals surface area contributed by atoms with Crippen molar-refractivity contribution in [3.8, 4) is 11.5 Å². The molecule has 2 aliphatic heterocycles. The number of benzene rings is 2. The van der Waals surface area contributed by atoms with E-state index >= 15 is 0 Å². The number of nitrogens with zero attached hydrogens (tertiary/aromatic N) is 1. The normalized spacial score (nSPS) is 20.6. The Morgan fingerprint density at radius 3 is 2.76 bits per heavy atom. The number of methoxy groups -OCH3 is 1. The number of amides is 3. The van der Waals surface area contributed by atoms with Crippen LogP contribution in [0.5, 0.6) is 11.5 Å². The van der Waals surface area contributed by atoms with Crippen LogP contribution in [-0.2, 0) is 25.5 Å².